The highest BCUT2D eigenvalue weighted by atomic mass is 16.5. The van der Waals surface area contributed by atoms with Gasteiger partial charge in [-0.1, -0.05) is 12.7 Å². The Balaban J connectivity index is 1.51. The Bertz CT molecular complexity index is 629. The molecule has 0 amide bonds. The van der Waals surface area contributed by atoms with Crippen molar-refractivity contribution in [1.82, 2.24) is 4.90 Å². The molecule has 29 heavy (non-hydrogen) atoms. The Labute approximate surface area is 175 Å². The summed E-state index contributed by atoms with van der Waals surface area (Å²) in [6.07, 6.45) is 9.07. The van der Waals surface area contributed by atoms with E-state index in [0.29, 0.717) is 25.0 Å². The third kappa shape index (κ3) is 5.92. The van der Waals surface area contributed by atoms with Crippen LogP contribution in [0.15, 0.2) is 28.8 Å². The molecule has 2 fully saturated rings. The van der Waals surface area contributed by atoms with E-state index in [0.717, 1.165) is 76.0 Å². The SMILES string of the molecule is C=C(C1=CCCC1CC(=O)OCC)C(=NC)OC1CCC(N2CCOCC2)CC1. The maximum atomic E-state index is 11.9. The Morgan fingerprint density at radius 1 is 1.24 bits per heavy atom. The smallest absolute Gasteiger partial charge is 0.306 e. The zero-order chi connectivity index (χ0) is 20.6. The van der Waals surface area contributed by atoms with Crippen molar-refractivity contribution in [3.8, 4) is 0 Å². The molecule has 0 aromatic heterocycles. The number of morpholine rings is 1. The van der Waals surface area contributed by atoms with Gasteiger partial charge in [-0.25, -0.2) is 0 Å². The third-order valence-corrected chi connectivity index (χ3v) is 6.33. The molecule has 6 heteroatoms. The topological polar surface area (TPSA) is 60.4 Å². The van der Waals surface area contributed by atoms with E-state index in [1.54, 1.807) is 7.05 Å². The van der Waals surface area contributed by atoms with E-state index in [1.165, 1.54) is 0 Å². The molecule has 0 aromatic carbocycles. The third-order valence-electron chi connectivity index (χ3n) is 6.33. The molecule has 0 radical (unpaired) electrons. The predicted octanol–water partition coefficient (Wildman–Crippen LogP) is 3.52. The van der Waals surface area contributed by atoms with Gasteiger partial charge in [0.05, 0.1) is 26.2 Å². The highest BCUT2D eigenvalue weighted by molar-refractivity contribution is 5.97. The first kappa shape index (κ1) is 22.0. The number of carbonyl (C=O) groups excluding carboxylic acids is 1. The van der Waals surface area contributed by atoms with Crippen molar-refractivity contribution in [3.05, 3.63) is 23.8 Å². The Morgan fingerprint density at radius 2 is 1.97 bits per heavy atom. The lowest BCUT2D eigenvalue weighted by atomic mass is 9.90. The summed E-state index contributed by atoms with van der Waals surface area (Å²) >= 11 is 0. The summed E-state index contributed by atoms with van der Waals surface area (Å²) in [6, 6.07) is 0.649. The molecule has 6 nitrogen and oxygen atoms in total. The quantitative estimate of drug-likeness (QED) is 0.369. The van der Waals surface area contributed by atoms with E-state index in [2.05, 4.69) is 22.5 Å². The van der Waals surface area contributed by atoms with Crippen LogP contribution >= 0.6 is 0 Å². The normalized spacial score (nSPS) is 28.7. The van der Waals surface area contributed by atoms with Crippen molar-refractivity contribution in [2.24, 2.45) is 10.9 Å². The maximum Gasteiger partial charge on any atom is 0.306 e. The number of allylic oxidation sites excluding steroid dienone is 1. The zero-order valence-corrected chi connectivity index (χ0v) is 18.0. The number of aliphatic imine (C=N–C) groups is 1. The van der Waals surface area contributed by atoms with E-state index in [-0.39, 0.29) is 18.0 Å². The summed E-state index contributed by atoms with van der Waals surface area (Å²) in [4.78, 5) is 18.9. The molecule has 0 bridgehead atoms. The van der Waals surface area contributed by atoms with Crippen molar-refractivity contribution in [1.29, 1.82) is 0 Å². The van der Waals surface area contributed by atoms with Crippen LogP contribution in [0.5, 0.6) is 0 Å². The molecule has 1 aliphatic heterocycles. The standard InChI is InChI=1S/C23H36N2O4/c1-4-28-22(26)16-18-6-5-7-21(18)17(2)23(24-3)29-20-10-8-19(9-11-20)25-12-14-27-15-13-25/h7,18-20H,2,4-6,8-16H2,1,3H3. The monoisotopic (exact) mass is 404 g/mol. The average molecular weight is 405 g/mol. The maximum absolute atomic E-state index is 11.9. The van der Waals surface area contributed by atoms with E-state index in [1.807, 2.05) is 6.92 Å². The molecule has 2 aliphatic carbocycles. The number of hydrogen-bond acceptors (Lipinski definition) is 6. The summed E-state index contributed by atoms with van der Waals surface area (Å²) in [6.45, 7) is 10.3. The van der Waals surface area contributed by atoms with Gasteiger partial charge in [-0.15, -0.1) is 0 Å². The van der Waals surface area contributed by atoms with Gasteiger partial charge in [-0.2, -0.15) is 0 Å². The van der Waals surface area contributed by atoms with Crippen LogP contribution in [0.3, 0.4) is 0 Å². The number of rotatable bonds is 7. The number of esters is 1. The molecule has 1 heterocycles. The van der Waals surface area contributed by atoms with Crippen LogP contribution in [0.2, 0.25) is 0 Å². The second-order valence-corrected chi connectivity index (χ2v) is 8.15. The molecule has 3 rings (SSSR count). The minimum Gasteiger partial charge on any atom is -0.474 e. The van der Waals surface area contributed by atoms with Crippen LogP contribution in [-0.2, 0) is 19.0 Å². The average Bonchev–Trinajstić information content (AvgIpc) is 3.20. The van der Waals surface area contributed by atoms with Gasteiger partial charge in [0.2, 0.25) is 5.90 Å². The first-order chi connectivity index (χ1) is 14.1. The fraction of sp³-hybridized carbons (Fsp3) is 0.739. The van der Waals surface area contributed by atoms with Crippen LogP contribution in [0.1, 0.15) is 51.9 Å². The minimum absolute atomic E-state index is 0.143. The van der Waals surface area contributed by atoms with Crippen molar-refractivity contribution in [3.63, 3.8) is 0 Å². The molecule has 1 saturated heterocycles. The molecule has 0 spiro atoms. The molecule has 3 aliphatic rings. The number of carbonyl (C=O) groups is 1. The lowest BCUT2D eigenvalue weighted by Gasteiger charge is -2.38. The van der Waals surface area contributed by atoms with Crippen molar-refractivity contribution < 1.29 is 19.0 Å². The molecule has 0 aromatic rings. The summed E-state index contributed by atoms with van der Waals surface area (Å²) < 4.78 is 16.9. The second-order valence-electron chi connectivity index (χ2n) is 8.15. The Morgan fingerprint density at radius 3 is 2.62 bits per heavy atom. The first-order valence-electron chi connectivity index (χ1n) is 11.1. The largest absolute Gasteiger partial charge is 0.474 e. The van der Waals surface area contributed by atoms with Gasteiger partial charge in [0, 0.05) is 31.8 Å². The summed E-state index contributed by atoms with van der Waals surface area (Å²) in [5, 5.41) is 0. The van der Waals surface area contributed by atoms with Gasteiger partial charge in [0.1, 0.15) is 6.10 Å². The predicted molar refractivity (Wildman–Crippen MR) is 114 cm³/mol. The van der Waals surface area contributed by atoms with E-state index in [4.69, 9.17) is 14.2 Å². The second kappa shape index (κ2) is 10.9. The van der Waals surface area contributed by atoms with Gasteiger partial charge in [-0.3, -0.25) is 14.7 Å². The van der Waals surface area contributed by atoms with Crippen LogP contribution in [0.25, 0.3) is 0 Å². The fourth-order valence-corrected chi connectivity index (χ4v) is 4.78. The first-order valence-corrected chi connectivity index (χ1v) is 11.1. The zero-order valence-electron chi connectivity index (χ0n) is 18.0. The van der Waals surface area contributed by atoms with Crippen LogP contribution in [0, 0.1) is 5.92 Å². The van der Waals surface area contributed by atoms with Gasteiger partial charge in [-0.05, 0) is 56.9 Å². The van der Waals surface area contributed by atoms with Crippen LogP contribution in [0.4, 0.5) is 0 Å². The number of hydrogen-bond donors (Lipinski definition) is 0. The summed E-state index contributed by atoms with van der Waals surface area (Å²) in [5.41, 5.74) is 1.93. The van der Waals surface area contributed by atoms with Crippen molar-refractivity contribution in [2.75, 3.05) is 40.0 Å². The Kier molecular flexibility index (Phi) is 8.30. The van der Waals surface area contributed by atoms with Gasteiger partial charge >= 0.3 is 5.97 Å². The Hall–Kier alpha value is -1.66. The highest BCUT2D eigenvalue weighted by Crippen LogP contribution is 2.35. The molecule has 1 atom stereocenters. The number of ether oxygens (including phenoxy) is 3. The van der Waals surface area contributed by atoms with E-state index in [9.17, 15) is 4.79 Å². The van der Waals surface area contributed by atoms with E-state index < -0.39 is 0 Å². The van der Waals surface area contributed by atoms with Gasteiger partial charge in [0.25, 0.3) is 0 Å². The number of nitrogens with zero attached hydrogens (tertiary/aromatic N) is 2. The minimum atomic E-state index is -0.143. The lowest BCUT2D eigenvalue weighted by Crippen LogP contribution is -2.45. The van der Waals surface area contributed by atoms with Gasteiger partial charge < -0.3 is 14.2 Å². The van der Waals surface area contributed by atoms with E-state index >= 15 is 0 Å². The van der Waals surface area contributed by atoms with Crippen molar-refractivity contribution >= 4 is 11.9 Å². The molecule has 1 unspecified atom stereocenters. The summed E-state index contributed by atoms with van der Waals surface area (Å²) in [7, 11) is 1.76. The van der Waals surface area contributed by atoms with Crippen LogP contribution in [-0.4, -0.2) is 68.9 Å². The summed E-state index contributed by atoms with van der Waals surface area (Å²) in [5.74, 6) is 0.635. The highest BCUT2D eigenvalue weighted by Gasteiger charge is 2.31. The molecular weight excluding hydrogens is 368 g/mol. The fourth-order valence-electron chi connectivity index (χ4n) is 4.78. The van der Waals surface area contributed by atoms with Gasteiger partial charge in [0.15, 0.2) is 0 Å². The lowest BCUT2D eigenvalue weighted by molar-refractivity contribution is -0.143. The molecule has 0 N–H and O–H groups in total. The van der Waals surface area contributed by atoms with Crippen molar-refractivity contribution in [2.45, 2.75) is 64.0 Å². The molecular formula is C23H36N2O4. The molecule has 1 saturated carbocycles. The molecule has 162 valence electrons. The van der Waals surface area contributed by atoms with Crippen LogP contribution < -0.4 is 0 Å².